The van der Waals surface area contributed by atoms with E-state index in [4.69, 9.17) is 5.73 Å². The molecule has 1 amide bonds. The first kappa shape index (κ1) is 14.6. The first-order valence-electron chi connectivity index (χ1n) is 6.54. The highest BCUT2D eigenvalue weighted by Gasteiger charge is 2.18. The number of nitrogen functional groups attached to an aromatic ring is 1. The zero-order valence-electron chi connectivity index (χ0n) is 11.8. The van der Waals surface area contributed by atoms with Crippen LogP contribution in [0, 0.1) is 5.92 Å². The van der Waals surface area contributed by atoms with E-state index in [9.17, 15) is 4.79 Å². The number of benzene rings is 1. The normalized spacial score (nSPS) is 11.0. The molecule has 1 rings (SSSR count). The Morgan fingerprint density at radius 2 is 1.72 bits per heavy atom. The van der Waals surface area contributed by atoms with Gasteiger partial charge in [-0.3, -0.25) is 4.79 Å². The van der Waals surface area contributed by atoms with Crippen molar-refractivity contribution in [2.75, 3.05) is 5.73 Å². The van der Waals surface area contributed by atoms with Gasteiger partial charge in [0.05, 0.1) is 0 Å². The molecule has 0 aliphatic heterocycles. The minimum absolute atomic E-state index is 0.216. The summed E-state index contributed by atoms with van der Waals surface area (Å²) in [6.45, 7) is 8.90. The van der Waals surface area contributed by atoms with Crippen molar-refractivity contribution in [2.45, 2.75) is 46.7 Å². The van der Waals surface area contributed by atoms with E-state index >= 15 is 0 Å². The standard InChI is InChI=1S/C15H24N2O/c1-11(2)9-15(18)17(12(3)4)10-13-5-7-14(16)8-6-13/h5-8,11-12H,9-10,16H2,1-4H3. The molecule has 0 saturated heterocycles. The van der Waals surface area contributed by atoms with E-state index in [0.29, 0.717) is 18.9 Å². The van der Waals surface area contributed by atoms with Crippen LogP contribution in [-0.4, -0.2) is 16.8 Å². The van der Waals surface area contributed by atoms with Crippen LogP contribution in [-0.2, 0) is 11.3 Å². The summed E-state index contributed by atoms with van der Waals surface area (Å²) < 4.78 is 0. The highest BCUT2D eigenvalue weighted by Crippen LogP contribution is 2.14. The van der Waals surface area contributed by atoms with Gasteiger partial charge in [0, 0.05) is 24.7 Å². The third-order valence-corrected chi connectivity index (χ3v) is 2.86. The number of amides is 1. The molecule has 0 atom stereocenters. The Kier molecular flexibility index (Phi) is 5.20. The highest BCUT2D eigenvalue weighted by atomic mass is 16.2. The topological polar surface area (TPSA) is 46.3 Å². The van der Waals surface area contributed by atoms with Gasteiger partial charge in [-0.15, -0.1) is 0 Å². The fraction of sp³-hybridized carbons (Fsp3) is 0.533. The second-order valence-corrected chi connectivity index (χ2v) is 5.45. The van der Waals surface area contributed by atoms with Gasteiger partial charge >= 0.3 is 0 Å². The fourth-order valence-electron chi connectivity index (χ4n) is 1.84. The number of hydrogen-bond acceptors (Lipinski definition) is 2. The summed E-state index contributed by atoms with van der Waals surface area (Å²) in [7, 11) is 0. The Balaban J connectivity index is 2.74. The molecule has 2 N–H and O–H groups in total. The number of hydrogen-bond donors (Lipinski definition) is 1. The van der Waals surface area contributed by atoms with Crippen molar-refractivity contribution in [1.82, 2.24) is 4.90 Å². The Hall–Kier alpha value is -1.51. The molecule has 0 fully saturated rings. The van der Waals surface area contributed by atoms with Gasteiger partial charge in [-0.2, -0.15) is 0 Å². The predicted molar refractivity (Wildman–Crippen MR) is 76.0 cm³/mol. The molecule has 1 aromatic rings. The van der Waals surface area contributed by atoms with Crippen molar-refractivity contribution in [1.29, 1.82) is 0 Å². The number of carbonyl (C=O) groups excluding carboxylic acids is 1. The van der Waals surface area contributed by atoms with E-state index in [1.165, 1.54) is 0 Å². The summed E-state index contributed by atoms with van der Waals surface area (Å²) in [6.07, 6.45) is 0.604. The lowest BCUT2D eigenvalue weighted by Crippen LogP contribution is -2.36. The van der Waals surface area contributed by atoms with Crippen LogP contribution in [0.3, 0.4) is 0 Å². The van der Waals surface area contributed by atoms with Crippen molar-refractivity contribution in [3.8, 4) is 0 Å². The van der Waals surface area contributed by atoms with Crippen LogP contribution in [0.15, 0.2) is 24.3 Å². The molecule has 0 unspecified atom stereocenters. The van der Waals surface area contributed by atoms with Gasteiger partial charge in [-0.05, 0) is 37.5 Å². The third-order valence-electron chi connectivity index (χ3n) is 2.86. The minimum atomic E-state index is 0.216. The van der Waals surface area contributed by atoms with Crippen molar-refractivity contribution in [2.24, 2.45) is 5.92 Å². The fourth-order valence-corrected chi connectivity index (χ4v) is 1.84. The largest absolute Gasteiger partial charge is 0.399 e. The number of nitrogens with zero attached hydrogens (tertiary/aromatic N) is 1. The maximum atomic E-state index is 12.2. The average molecular weight is 248 g/mol. The summed E-state index contributed by atoms with van der Waals surface area (Å²) in [5, 5.41) is 0. The van der Waals surface area contributed by atoms with Crippen LogP contribution in [0.1, 0.15) is 39.7 Å². The average Bonchev–Trinajstić information content (AvgIpc) is 2.26. The molecule has 100 valence electrons. The molecule has 0 aliphatic rings. The molecular formula is C15H24N2O. The number of rotatable bonds is 5. The van der Waals surface area contributed by atoms with Gasteiger partial charge in [0.15, 0.2) is 0 Å². The van der Waals surface area contributed by atoms with Crippen molar-refractivity contribution >= 4 is 11.6 Å². The summed E-state index contributed by atoms with van der Waals surface area (Å²) in [4.78, 5) is 14.1. The second-order valence-electron chi connectivity index (χ2n) is 5.45. The molecule has 3 heteroatoms. The van der Waals surface area contributed by atoms with E-state index in [1.54, 1.807) is 0 Å². The smallest absolute Gasteiger partial charge is 0.223 e. The maximum absolute atomic E-state index is 12.2. The SMILES string of the molecule is CC(C)CC(=O)N(Cc1ccc(N)cc1)C(C)C. The molecule has 18 heavy (non-hydrogen) atoms. The van der Waals surface area contributed by atoms with Crippen LogP contribution in [0.25, 0.3) is 0 Å². The quantitative estimate of drug-likeness (QED) is 0.814. The molecular weight excluding hydrogens is 224 g/mol. The first-order chi connectivity index (χ1) is 8.40. The summed E-state index contributed by atoms with van der Waals surface area (Å²) in [5.41, 5.74) is 7.54. The molecule has 0 spiro atoms. The summed E-state index contributed by atoms with van der Waals surface area (Å²) in [6, 6.07) is 7.93. The van der Waals surface area contributed by atoms with Crippen molar-refractivity contribution < 1.29 is 4.79 Å². The lowest BCUT2D eigenvalue weighted by atomic mass is 10.1. The zero-order chi connectivity index (χ0) is 13.7. The van der Waals surface area contributed by atoms with E-state index in [0.717, 1.165) is 11.3 Å². The molecule has 3 nitrogen and oxygen atoms in total. The predicted octanol–water partition coefficient (Wildman–Crippen LogP) is 3.05. The van der Waals surface area contributed by atoms with Gasteiger partial charge in [0.2, 0.25) is 5.91 Å². The van der Waals surface area contributed by atoms with E-state index in [-0.39, 0.29) is 11.9 Å². The highest BCUT2D eigenvalue weighted by molar-refractivity contribution is 5.76. The molecule has 0 aromatic heterocycles. The number of nitrogens with two attached hydrogens (primary N) is 1. The van der Waals surface area contributed by atoms with Crippen LogP contribution >= 0.6 is 0 Å². The first-order valence-corrected chi connectivity index (χ1v) is 6.54. The minimum Gasteiger partial charge on any atom is -0.399 e. The molecule has 0 aliphatic carbocycles. The monoisotopic (exact) mass is 248 g/mol. The van der Waals surface area contributed by atoms with Crippen molar-refractivity contribution in [3.05, 3.63) is 29.8 Å². The Morgan fingerprint density at radius 3 is 2.17 bits per heavy atom. The Morgan fingerprint density at radius 1 is 1.17 bits per heavy atom. The number of carbonyl (C=O) groups is 1. The zero-order valence-corrected chi connectivity index (χ0v) is 11.8. The van der Waals surface area contributed by atoms with Crippen LogP contribution in [0.2, 0.25) is 0 Å². The van der Waals surface area contributed by atoms with Gasteiger partial charge in [-0.1, -0.05) is 26.0 Å². The van der Waals surface area contributed by atoms with Crippen molar-refractivity contribution in [3.63, 3.8) is 0 Å². The van der Waals surface area contributed by atoms with Gasteiger partial charge in [-0.25, -0.2) is 0 Å². The van der Waals surface area contributed by atoms with E-state index in [2.05, 4.69) is 27.7 Å². The Bertz CT molecular complexity index is 382. The van der Waals surface area contributed by atoms with Gasteiger partial charge in [0.1, 0.15) is 0 Å². The number of anilines is 1. The lowest BCUT2D eigenvalue weighted by molar-refractivity contribution is -0.134. The molecule has 1 aromatic carbocycles. The lowest BCUT2D eigenvalue weighted by Gasteiger charge is -2.27. The molecule has 0 saturated carbocycles. The van der Waals surface area contributed by atoms with E-state index in [1.807, 2.05) is 29.2 Å². The van der Waals surface area contributed by atoms with Gasteiger partial charge < -0.3 is 10.6 Å². The molecule has 0 bridgehead atoms. The molecule has 0 radical (unpaired) electrons. The second kappa shape index (κ2) is 6.43. The summed E-state index contributed by atoms with van der Waals surface area (Å²) in [5.74, 6) is 0.613. The third kappa shape index (κ3) is 4.40. The van der Waals surface area contributed by atoms with Crippen LogP contribution < -0.4 is 5.73 Å². The maximum Gasteiger partial charge on any atom is 0.223 e. The van der Waals surface area contributed by atoms with E-state index < -0.39 is 0 Å². The van der Waals surface area contributed by atoms with Crippen LogP contribution in [0.4, 0.5) is 5.69 Å². The molecule has 0 heterocycles. The Labute approximate surface area is 110 Å². The van der Waals surface area contributed by atoms with Gasteiger partial charge in [0.25, 0.3) is 0 Å². The van der Waals surface area contributed by atoms with Crippen LogP contribution in [0.5, 0.6) is 0 Å². The summed E-state index contributed by atoms with van der Waals surface area (Å²) >= 11 is 0.